The molecule has 1 aliphatic heterocycles. The zero-order valence-electron chi connectivity index (χ0n) is 10.9. The summed E-state index contributed by atoms with van der Waals surface area (Å²) < 4.78 is 1.45. The quantitative estimate of drug-likeness (QED) is 0.235. The molecule has 10 heteroatoms. The van der Waals surface area contributed by atoms with Gasteiger partial charge in [0.15, 0.2) is 5.69 Å². The first kappa shape index (κ1) is 14.1. The number of rotatable bonds is 4. The van der Waals surface area contributed by atoms with Crippen molar-refractivity contribution in [3.8, 4) is 0 Å². The second kappa shape index (κ2) is 5.75. The number of nitrogens with zero attached hydrogens (tertiary/aromatic N) is 4. The van der Waals surface area contributed by atoms with Crippen molar-refractivity contribution in [1.82, 2.24) is 30.6 Å². The van der Waals surface area contributed by atoms with Crippen molar-refractivity contribution in [2.24, 2.45) is 5.84 Å². The Balaban J connectivity index is 1.94. The lowest BCUT2D eigenvalue weighted by molar-refractivity contribution is -0.139. The van der Waals surface area contributed by atoms with Crippen LogP contribution in [0.4, 0.5) is 0 Å². The molecule has 1 unspecified atom stereocenters. The number of nitrogens with two attached hydrogens (primary N) is 1. The number of carbonyl (C=O) groups is 3. The summed E-state index contributed by atoms with van der Waals surface area (Å²) in [5.74, 6) is 3.81. The summed E-state index contributed by atoms with van der Waals surface area (Å²) in [4.78, 5) is 35.7. The molecule has 20 heavy (non-hydrogen) atoms. The fourth-order valence-electron chi connectivity index (χ4n) is 1.86. The minimum atomic E-state index is -0.530. The summed E-state index contributed by atoms with van der Waals surface area (Å²) in [5, 5.41) is 9.69. The van der Waals surface area contributed by atoms with Crippen molar-refractivity contribution in [1.29, 1.82) is 0 Å². The zero-order chi connectivity index (χ0) is 14.7. The van der Waals surface area contributed by atoms with Gasteiger partial charge in [0.25, 0.3) is 5.91 Å². The zero-order valence-corrected chi connectivity index (χ0v) is 10.9. The Morgan fingerprint density at radius 1 is 1.55 bits per heavy atom. The Kier molecular flexibility index (Phi) is 4.05. The molecule has 4 N–H and O–H groups in total. The predicted octanol–water partition coefficient (Wildman–Crippen LogP) is -2.77. The third-order valence-electron chi connectivity index (χ3n) is 3.06. The Bertz CT molecular complexity index is 541. The number of amides is 3. The molecule has 2 rings (SSSR count). The molecule has 1 fully saturated rings. The predicted molar refractivity (Wildman–Crippen MR) is 65.9 cm³/mol. The van der Waals surface area contributed by atoms with Crippen LogP contribution >= 0.6 is 0 Å². The first-order chi connectivity index (χ1) is 9.51. The van der Waals surface area contributed by atoms with Crippen LogP contribution in [0.25, 0.3) is 0 Å². The van der Waals surface area contributed by atoms with Crippen LogP contribution in [0.15, 0.2) is 6.20 Å². The van der Waals surface area contributed by atoms with Gasteiger partial charge < -0.3 is 0 Å². The van der Waals surface area contributed by atoms with Gasteiger partial charge in [0.1, 0.15) is 0 Å². The second-order valence-corrected chi connectivity index (χ2v) is 4.40. The van der Waals surface area contributed by atoms with E-state index in [1.54, 1.807) is 11.8 Å². The fraction of sp³-hybridized carbons (Fsp3) is 0.500. The maximum absolute atomic E-state index is 11.5. The maximum Gasteiger partial charge on any atom is 0.287 e. The van der Waals surface area contributed by atoms with Crippen molar-refractivity contribution < 1.29 is 14.4 Å². The molecule has 0 radical (unpaired) electrons. The van der Waals surface area contributed by atoms with E-state index >= 15 is 0 Å². The Hall–Kier alpha value is -2.33. The summed E-state index contributed by atoms with van der Waals surface area (Å²) in [7, 11) is 0. The van der Waals surface area contributed by atoms with E-state index in [-0.39, 0.29) is 30.1 Å². The molecule has 1 aromatic heterocycles. The van der Waals surface area contributed by atoms with Crippen molar-refractivity contribution >= 4 is 17.7 Å². The maximum atomic E-state index is 11.5. The summed E-state index contributed by atoms with van der Waals surface area (Å²) >= 11 is 0. The van der Waals surface area contributed by atoms with Gasteiger partial charge in [0, 0.05) is 6.54 Å². The molecule has 1 saturated heterocycles. The lowest BCUT2D eigenvalue weighted by atomic mass is 10.2. The van der Waals surface area contributed by atoms with Crippen molar-refractivity contribution in [3.05, 3.63) is 11.9 Å². The number of carbonyl (C=O) groups excluding carboxylic acids is 3. The fourth-order valence-corrected chi connectivity index (χ4v) is 1.86. The van der Waals surface area contributed by atoms with E-state index < -0.39 is 5.91 Å². The molecule has 0 saturated carbocycles. The highest BCUT2D eigenvalue weighted by molar-refractivity contribution is 6.00. The Morgan fingerprint density at radius 3 is 3.00 bits per heavy atom. The minimum Gasteiger partial charge on any atom is -0.294 e. The van der Waals surface area contributed by atoms with Crippen LogP contribution in [-0.4, -0.2) is 56.7 Å². The van der Waals surface area contributed by atoms with Gasteiger partial charge in [-0.25, -0.2) is 5.84 Å². The average molecular weight is 281 g/mol. The molecule has 1 aliphatic rings. The van der Waals surface area contributed by atoms with Gasteiger partial charge in [0.05, 0.1) is 25.3 Å². The number of nitrogens with one attached hydrogen (secondary N) is 2. The highest BCUT2D eigenvalue weighted by Gasteiger charge is 2.29. The number of nitrogen functional groups attached to an aromatic ring is 1. The number of aromatic nitrogens is 3. The van der Waals surface area contributed by atoms with Gasteiger partial charge >= 0.3 is 0 Å². The topological polar surface area (TPSA) is 135 Å². The monoisotopic (exact) mass is 281 g/mol. The van der Waals surface area contributed by atoms with Crippen LogP contribution in [0.1, 0.15) is 17.4 Å². The molecule has 108 valence electrons. The molecule has 1 aromatic rings. The van der Waals surface area contributed by atoms with E-state index in [0.29, 0.717) is 13.1 Å². The lowest BCUT2D eigenvalue weighted by Gasteiger charge is -2.31. The second-order valence-electron chi connectivity index (χ2n) is 4.40. The Labute approximate surface area is 114 Å². The number of imide groups is 1. The van der Waals surface area contributed by atoms with Gasteiger partial charge in [-0.2, -0.15) is 0 Å². The number of piperazine rings is 1. The minimum absolute atomic E-state index is 0.105. The van der Waals surface area contributed by atoms with Gasteiger partial charge in [-0.3, -0.25) is 34.7 Å². The van der Waals surface area contributed by atoms with E-state index in [0.717, 1.165) is 0 Å². The number of hydrogen-bond donors (Lipinski definition) is 3. The summed E-state index contributed by atoms with van der Waals surface area (Å²) in [6.07, 6.45) is 1.44. The van der Waals surface area contributed by atoms with Crippen molar-refractivity contribution in [2.45, 2.75) is 19.5 Å². The normalized spacial score (nSPS) is 19.8. The molecule has 0 aromatic carbocycles. The van der Waals surface area contributed by atoms with Crippen molar-refractivity contribution in [3.63, 3.8) is 0 Å². The smallest absolute Gasteiger partial charge is 0.287 e. The van der Waals surface area contributed by atoms with Gasteiger partial charge in [-0.05, 0) is 6.92 Å². The molecule has 0 aliphatic carbocycles. The van der Waals surface area contributed by atoms with E-state index in [2.05, 4.69) is 15.6 Å². The van der Waals surface area contributed by atoms with E-state index in [1.165, 1.54) is 10.9 Å². The van der Waals surface area contributed by atoms with Crippen LogP contribution in [0.5, 0.6) is 0 Å². The van der Waals surface area contributed by atoms with Gasteiger partial charge in [-0.1, -0.05) is 5.21 Å². The van der Waals surface area contributed by atoms with Crippen LogP contribution < -0.4 is 16.6 Å². The van der Waals surface area contributed by atoms with Crippen molar-refractivity contribution in [2.75, 3.05) is 13.1 Å². The Morgan fingerprint density at radius 2 is 2.30 bits per heavy atom. The molecule has 0 bridgehead atoms. The summed E-state index contributed by atoms with van der Waals surface area (Å²) in [5.41, 5.74) is 2.06. The molecule has 1 atom stereocenters. The molecule has 0 spiro atoms. The first-order valence-corrected chi connectivity index (χ1v) is 6.00. The summed E-state index contributed by atoms with van der Waals surface area (Å²) in [6, 6.07) is -0.386. The van der Waals surface area contributed by atoms with Gasteiger partial charge in [0.2, 0.25) is 11.8 Å². The number of hydrogen-bond acceptors (Lipinski definition) is 7. The molecule has 3 amide bonds. The molecular formula is C10H15N7O3. The van der Waals surface area contributed by atoms with E-state index in [4.69, 9.17) is 5.84 Å². The van der Waals surface area contributed by atoms with E-state index in [1.807, 2.05) is 5.43 Å². The largest absolute Gasteiger partial charge is 0.294 e. The highest BCUT2D eigenvalue weighted by Crippen LogP contribution is 2.04. The average Bonchev–Trinajstić information content (AvgIpc) is 2.89. The standard InChI is InChI=1S/C10H15N7O3/c1-6-9(19)12-8(18)5-16(6)2-3-17-4-7(14-15-17)10(20)13-11/h4,6H,2-3,5,11H2,1H3,(H,13,20)(H,12,18,19). The first-order valence-electron chi connectivity index (χ1n) is 6.00. The molecule has 2 heterocycles. The van der Waals surface area contributed by atoms with Gasteiger partial charge in [-0.15, -0.1) is 5.10 Å². The highest BCUT2D eigenvalue weighted by atomic mass is 16.2. The third-order valence-corrected chi connectivity index (χ3v) is 3.06. The lowest BCUT2D eigenvalue weighted by Crippen LogP contribution is -2.57. The van der Waals surface area contributed by atoms with E-state index in [9.17, 15) is 14.4 Å². The third kappa shape index (κ3) is 2.97. The van der Waals surface area contributed by atoms with Crippen LogP contribution in [-0.2, 0) is 16.1 Å². The van der Waals surface area contributed by atoms with Crippen LogP contribution in [0.3, 0.4) is 0 Å². The van der Waals surface area contributed by atoms with Crippen LogP contribution in [0.2, 0.25) is 0 Å². The molecule has 10 nitrogen and oxygen atoms in total. The molecular weight excluding hydrogens is 266 g/mol. The summed E-state index contributed by atoms with van der Waals surface area (Å²) in [6.45, 7) is 2.71. The van der Waals surface area contributed by atoms with Crippen LogP contribution in [0, 0.1) is 0 Å². The SMILES string of the molecule is CC1C(=O)NC(=O)CN1CCn1cc(C(=O)NN)nn1. The number of hydrazine groups is 1.